The number of aromatic nitrogens is 2. The highest BCUT2D eigenvalue weighted by molar-refractivity contribution is 7.93. The average Bonchev–Trinajstić information content (AvgIpc) is 3.00. The van der Waals surface area contributed by atoms with Crippen molar-refractivity contribution in [2.24, 2.45) is 0 Å². The van der Waals surface area contributed by atoms with E-state index in [1.807, 2.05) is 6.07 Å². The Balaban J connectivity index is 2.19. The Kier molecular flexibility index (Phi) is 1.86. The summed E-state index contributed by atoms with van der Waals surface area (Å²) in [5.41, 5.74) is 1.38. The van der Waals surface area contributed by atoms with Crippen molar-refractivity contribution < 1.29 is 8.42 Å². The summed E-state index contributed by atoms with van der Waals surface area (Å²) >= 11 is 0. The minimum absolute atomic E-state index is 0.188. The van der Waals surface area contributed by atoms with E-state index < -0.39 is 14.6 Å². The van der Waals surface area contributed by atoms with Crippen molar-refractivity contribution in [1.82, 2.24) is 9.97 Å². The van der Waals surface area contributed by atoms with E-state index in [9.17, 15) is 8.42 Å². The van der Waals surface area contributed by atoms with Gasteiger partial charge in [0.15, 0.2) is 14.6 Å². The monoisotopic (exact) mass is 247 g/mol. The number of nitrogens with one attached hydrogen (secondary N) is 1. The fourth-order valence-electron chi connectivity index (χ4n) is 1.86. The number of aromatic amines is 1. The zero-order valence-electron chi connectivity index (χ0n) is 8.84. The molecule has 2 aromatic rings. The second-order valence-electron chi connectivity index (χ2n) is 4.19. The molecule has 0 saturated heterocycles. The van der Waals surface area contributed by atoms with Crippen molar-refractivity contribution in [1.29, 1.82) is 5.26 Å². The molecule has 1 heterocycles. The summed E-state index contributed by atoms with van der Waals surface area (Å²) in [6.45, 7) is 0. The molecular weight excluding hydrogens is 238 g/mol. The molecule has 0 spiro atoms. The maximum atomic E-state index is 12.3. The number of nitrogens with zero attached hydrogens (tertiary/aromatic N) is 2. The second-order valence-corrected chi connectivity index (χ2v) is 6.45. The van der Waals surface area contributed by atoms with Gasteiger partial charge in [-0.15, -0.1) is 0 Å². The van der Waals surface area contributed by atoms with Crippen molar-refractivity contribution in [2.45, 2.75) is 22.5 Å². The number of imidazole rings is 1. The molecule has 5 nitrogen and oxygen atoms in total. The third-order valence-electron chi connectivity index (χ3n) is 3.12. The van der Waals surface area contributed by atoms with Crippen LogP contribution in [0.25, 0.3) is 11.0 Å². The van der Waals surface area contributed by atoms with E-state index in [2.05, 4.69) is 9.97 Å². The summed E-state index contributed by atoms with van der Waals surface area (Å²) in [7, 11) is -3.56. The summed E-state index contributed by atoms with van der Waals surface area (Å²) in [5, 5.41) is 8.98. The molecule has 6 heteroatoms. The quantitative estimate of drug-likeness (QED) is 0.868. The fourth-order valence-corrected chi connectivity index (χ4v) is 3.59. The molecule has 1 aliphatic rings. The van der Waals surface area contributed by atoms with Crippen molar-refractivity contribution in [3.63, 3.8) is 0 Å². The van der Waals surface area contributed by atoms with Gasteiger partial charge in [0.25, 0.3) is 0 Å². The topological polar surface area (TPSA) is 86.6 Å². The Bertz CT molecular complexity index is 735. The van der Waals surface area contributed by atoms with E-state index in [0.29, 0.717) is 23.9 Å². The molecule has 0 unspecified atom stereocenters. The van der Waals surface area contributed by atoms with Gasteiger partial charge in [-0.05, 0) is 31.0 Å². The number of rotatable bonds is 2. The maximum Gasteiger partial charge on any atom is 0.197 e. The minimum Gasteiger partial charge on any atom is -0.345 e. The van der Waals surface area contributed by atoms with Crippen molar-refractivity contribution in [3.05, 3.63) is 24.5 Å². The van der Waals surface area contributed by atoms with E-state index in [1.54, 1.807) is 6.07 Å². The molecule has 1 aromatic carbocycles. The van der Waals surface area contributed by atoms with Crippen LogP contribution in [0.4, 0.5) is 0 Å². The molecule has 1 aliphatic carbocycles. The van der Waals surface area contributed by atoms with Gasteiger partial charge < -0.3 is 4.98 Å². The lowest BCUT2D eigenvalue weighted by Crippen LogP contribution is -2.21. The standard InChI is InChI=1S/C11H9N3O2S/c12-6-11(3-4-11)17(15,16)8-1-2-9-10(5-8)14-7-13-9/h1-2,5,7H,3-4H2,(H,13,14). The van der Waals surface area contributed by atoms with E-state index in [4.69, 9.17) is 5.26 Å². The van der Waals surface area contributed by atoms with Crippen LogP contribution in [-0.2, 0) is 9.84 Å². The first-order valence-corrected chi connectivity index (χ1v) is 6.66. The average molecular weight is 247 g/mol. The van der Waals surface area contributed by atoms with Gasteiger partial charge in [-0.3, -0.25) is 0 Å². The summed E-state index contributed by atoms with van der Waals surface area (Å²) in [4.78, 5) is 7.08. The van der Waals surface area contributed by atoms with Gasteiger partial charge in [0.1, 0.15) is 0 Å². The van der Waals surface area contributed by atoms with Gasteiger partial charge in [0.2, 0.25) is 0 Å². The predicted molar refractivity (Wildman–Crippen MR) is 60.9 cm³/mol. The normalized spacial score (nSPS) is 17.8. The number of benzene rings is 1. The number of hydrogen-bond acceptors (Lipinski definition) is 4. The molecular formula is C11H9N3O2S. The van der Waals surface area contributed by atoms with Crippen molar-refractivity contribution in [2.75, 3.05) is 0 Å². The molecule has 0 aliphatic heterocycles. The molecule has 0 bridgehead atoms. The van der Waals surface area contributed by atoms with Crippen LogP contribution in [0.15, 0.2) is 29.4 Å². The van der Waals surface area contributed by atoms with Gasteiger partial charge in [-0.1, -0.05) is 0 Å². The summed E-state index contributed by atoms with van der Waals surface area (Å²) in [6.07, 6.45) is 2.36. The van der Waals surface area contributed by atoms with Crippen LogP contribution in [0.3, 0.4) is 0 Å². The third-order valence-corrected chi connectivity index (χ3v) is 5.53. The Labute approximate surface area is 98.0 Å². The van der Waals surface area contributed by atoms with Crippen molar-refractivity contribution in [3.8, 4) is 6.07 Å². The van der Waals surface area contributed by atoms with Gasteiger partial charge in [0.05, 0.1) is 28.3 Å². The van der Waals surface area contributed by atoms with Gasteiger partial charge in [-0.25, -0.2) is 13.4 Å². The lowest BCUT2D eigenvalue weighted by atomic mass is 10.3. The zero-order chi connectivity index (χ0) is 12.1. The molecule has 0 amide bonds. The van der Waals surface area contributed by atoms with Gasteiger partial charge >= 0.3 is 0 Å². The van der Waals surface area contributed by atoms with Crippen LogP contribution >= 0.6 is 0 Å². The van der Waals surface area contributed by atoms with E-state index in [1.165, 1.54) is 18.5 Å². The summed E-state index contributed by atoms with van der Waals surface area (Å²) in [6, 6.07) is 6.61. The third kappa shape index (κ3) is 1.29. The van der Waals surface area contributed by atoms with E-state index in [-0.39, 0.29) is 4.90 Å². The number of hydrogen-bond donors (Lipinski definition) is 1. The van der Waals surface area contributed by atoms with Gasteiger partial charge in [-0.2, -0.15) is 5.26 Å². The molecule has 0 radical (unpaired) electrons. The van der Waals surface area contributed by atoms with E-state index >= 15 is 0 Å². The van der Waals surface area contributed by atoms with Gasteiger partial charge in [0, 0.05) is 0 Å². The van der Waals surface area contributed by atoms with Crippen LogP contribution < -0.4 is 0 Å². The smallest absolute Gasteiger partial charge is 0.197 e. The number of sulfone groups is 1. The summed E-state index contributed by atoms with van der Waals surface area (Å²) in [5.74, 6) is 0. The highest BCUT2D eigenvalue weighted by Crippen LogP contribution is 2.46. The number of H-pyrrole nitrogens is 1. The highest BCUT2D eigenvalue weighted by Gasteiger charge is 2.56. The minimum atomic E-state index is -3.56. The van der Waals surface area contributed by atoms with Crippen LogP contribution in [0.1, 0.15) is 12.8 Å². The largest absolute Gasteiger partial charge is 0.345 e. The summed E-state index contributed by atoms with van der Waals surface area (Å²) < 4.78 is 23.3. The first-order chi connectivity index (χ1) is 8.09. The Morgan fingerprint density at radius 3 is 2.82 bits per heavy atom. The lowest BCUT2D eigenvalue weighted by molar-refractivity contribution is 0.588. The molecule has 1 aromatic heterocycles. The SMILES string of the molecule is N#CC1(S(=O)(=O)c2ccc3nc[nH]c3c2)CC1. The Morgan fingerprint density at radius 1 is 1.41 bits per heavy atom. The first kappa shape index (κ1) is 10.3. The van der Waals surface area contributed by atoms with Crippen LogP contribution in [0.2, 0.25) is 0 Å². The zero-order valence-corrected chi connectivity index (χ0v) is 9.66. The number of nitriles is 1. The Morgan fingerprint density at radius 2 is 2.18 bits per heavy atom. The van der Waals surface area contributed by atoms with Crippen LogP contribution in [0, 0.1) is 11.3 Å². The fraction of sp³-hybridized carbons (Fsp3) is 0.273. The molecule has 86 valence electrons. The van der Waals surface area contributed by atoms with Crippen LogP contribution in [-0.4, -0.2) is 23.1 Å². The maximum absolute atomic E-state index is 12.3. The van der Waals surface area contributed by atoms with Crippen LogP contribution in [0.5, 0.6) is 0 Å². The van der Waals surface area contributed by atoms with E-state index in [0.717, 1.165) is 0 Å². The highest BCUT2D eigenvalue weighted by atomic mass is 32.2. The number of fused-ring (bicyclic) bond motifs is 1. The van der Waals surface area contributed by atoms with Crippen molar-refractivity contribution >= 4 is 20.9 Å². The molecule has 1 saturated carbocycles. The molecule has 3 rings (SSSR count). The molecule has 17 heavy (non-hydrogen) atoms. The Hall–Kier alpha value is -1.87. The lowest BCUT2D eigenvalue weighted by Gasteiger charge is -2.07. The predicted octanol–water partition coefficient (Wildman–Crippen LogP) is 1.39. The molecule has 0 atom stereocenters. The first-order valence-electron chi connectivity index (χ1n) is 5.18. The molecule has 1 N–H and O–H groups in total. The molecule has 1 fully saturated rings. The second kappa shape index (κ2) is 3.08.